The molecule has 10 heteroatoms. The summed E-state index contributed by atoms with van der Waals surface area (Å²) in [7, 11) is 0. The first kappa shape index (κ1) is 17.0. The van der Waals surface area contributed by atoms with Crippen LogP contribution in [0.5, 0.6) is 0 Å². The van der Waals surface area contributed by atoms with E-state index in [1.165, 1.54) is 24.5 Å². The third-order valence-electron chi connectivity index (χ3n) is 4.23. The molecule has 1 aliphatic heterocycles. The minimum absolute atomic E-state index is 0.00388. The number of anilines is 1. The lowest BCUT2D eigenvalue weighted by Gasteiger charge is -2.24. The number of carbonyl (C=O) groups excluding carboxylic acids is 3. The minimum atomic E-state index is -0.959. The Bertz CT molecular complexity index is 1040. The maximum absolute atomic E-state index is 12.9. The predicted molar refractivity (Wildman–Crippen MR) is 95.0 cm³/mol. The molecular weight excluding hydrogens is 372 g/mol. The van der Waals surface area contributed by atoms with Crippen LogP contribution in [0.25, 0.3) is 0 Å². The van der Waals surface area contributed by atoms with Crippen molar-refractivity contribution in [1.29, 1.82) is 0 Å². The van der Waals surface area contributed by atoms with Gasteiger partial charge in [0.1, 0.15) is 5.69 Å². The second-order valence-corrected chi connectivity index (χ2v) is 6.99. The molecule has 3 heterocycles. The molecule has 134 valence electrons. The standard InChI is InChI=1S/C17H10N4O5S/c22-14-10-6-11(21(25)26)27-16(10)15(23)12-9(3-5-19-13(12)14)17(24)20-8-2-1-4-18-7-8/h1-7,10,16H,(H,20,24). The Kier molecular flexibility index (Phi) is 4.04. The fraction of sp³-hybridized carbons (Fsp3) is 0.118. The summed E-state index contributed by atoms with van der Waals surface area (Å²) in [6, 6.07) is 4.61. The number of thioether (sulfide) groups is 1. The highest BCUT2D eigenvalue weighted by Gasteiger charge is 2.49. The van der Waals surface area contributed by atoms with Gasteiger partial charge in [0.15, 0.2) is 11.6 Å². The highest BCUT2D eigenvalue weighted by Crippen LogP contribution is 2.43. The number of nitrogens with zero attached hydrogens (tertiary/aromatic N) is 3. The van der Waals surface area contributed by atoms with Gasteiger partial charge in [-0.1, -0.05) is 0 Å². The molecule has 2 aliphatic rings. The highest BCUT2D eigenvalue weighted by molar-refractivity contribution is 8.04. The van der Waals surface area contributed by atoms with E-state index in [2.05, 4.69) is 15.3 Å². The zero-order chi connectivity index (χ0) is 19.1. The highest BCUT2D eigenvalue weighted by atomic mass is 32.2. The molecule has 2 atom stereocenters. The third kappa shape index (κ3) is 2.79. The maximum Gasteiger partial charge on any atom is 0.300 e. The van der Waals surface area contributed by atoms with Gasteiger partial charge < -0.3 is 5.32 Å². The number of ketones is 2. The lowest BCUT2D eigenvalue weighted by molar-refractivity contribution is -0.410. The summed E-state index contributed by atoms with van der Waals surface area (Å²) >= 11 is 0.725. The lowest BCUT2D eigenvalue weighted by atomic mass is 9.82. The number of pyridine rings is 2. The van der Waals surface area contributed by atoms with Crippen molar-refractivity contribution in [2.24, 2.45) is 5.92 Å². The van der Waals surface area contributed by atoms with E-state index in [0.29, 0.717) is 5.69 Å². The number of nitro groups is 1. The summed E-state index contributed by atoms with van der Waals surface area (Å²) in [5, 5.41) is 12.4. The molecule has 0 aromatic carbocycles. The molecule has 2 aromatic rings. The summed E-state index contributed by atoms with van der Waals surface area (Å²) in [6.45, 7) is 0. The van der Waals surface area contributed by atoms with E-state index in [4.69, 9.17) is 0 Å². The van der Waals surface area contributed by atoms with Crippen molar-refractivity contribution in [2.75, 3.05) is 5.32 Å². The first-order chi connectivity index (χ1) is 13.0. The SMILES string of the molecule is O=C(Nc1cccnc1)c1ccnc2c1C(=O)C1SC([N+](=O)[O-])=CC1C2=O. The summed E-state index contributed by atoms with van der Waals surface area (Å²) in [4.78, 5) is 56.5. The molecule has 2 unspecified atom stereocenters. The van der Waals surface area contributed by atoms with Crippen LogP contribution in [0.2, 0.25) is 0 Å². The molecule has 27 heavy (non-hydrogen) atoms. The maximum atomic E-state index is 12.9. The Morgan fingerprint density at radius 1 is 1.22 bits per heavy atom. The molecule has 9 nitrogen and oxygen atoms in total. The molecule has 0 radical (unpaired) electrons. The minimum Gasteiger partial charge on any atom is -0.321 e. The van der Waals surface area contributed by atoms with Crippen molar-refractivity contribution in [2.45, 2.75) is 5.25 Å². The van der Waals surface area contributed by atoms with Crippen LogP contribution in [0, 0.1) is 16.0 Å². The molecule has 4 rings (SSSR count). The Balaban J connectivity index is 1.73. The number of fused-ring (bicyclic) bond motifs is 2. The number of hydrogen-bond donors (Lipinski definition) is 1. The van der Waals surface area contributed by atoms with E-state index in [1.54, 1.807) is 18.3 Å². The number of hydrogen-bond acceptors (Lipinski definition) is 8. The fourth-order valence-corrected chi connectivity index (χ4v) is 4.18. The Morgan fingerprint density at radius 2 is 2.04 bits per heavy atom. The van der Waals surface area contributed by atoms with Crippen LogP contribution in [-0.4, -0.2) is 37.6 Å². The van der Waals surface area contributed by atoms with Crippen LogP contribution >= 0.6 is 11.8 Å². The summed E-state index contributed by atoms with van der Waals surface area (Å²) < 4.78 is 0. The first-order valence-corrected chi connectivity index (χ1v) is 8.67. The number of allylic oxidation sites excluding steroid dienone is 1. The second kappa shape index (κ2) is 6.40. The first-order valence-electron chi connectivity index (χ1n) is 7.79. The van der Waals surface area contributed by atoms with Crippen molar-refractivity contribution >= 4 is 34.9 Å². The second-order valence-electron chi connectivity index (χ2n) is 5.83. The number of carbonyl (C=O) groups is 3. The van der Waals surface area contributed by atoms with Gasteiger partial charge in [0.05, 0.1) is 39.1 Å². The van der Waals surface area contributed by atoms with Crippen LogP contribution in [0.4, 0.5) is 5.69 Å². The third-order valence-corrected chi connectivity index (χ3v) is 5.52. The van der Waals surface area contributed by atoms with Gasteiger partial charge in [0, 0.05) is 18.5 Å². The zero-order valence-electron chi connectivity index (χ0n) is 13.5. The zero-order valence-corrected chi connectivity index (χ0v) is 14.3. The van der Waals surface area contributed by atoms with Crippen LogP contribution in [-0.2, 0) is 0 Å². The number of rotatable bonds is 3. The molecule has 0 spiro atoms. The van der Waals surface area contributed by atoms with Crippen molar-refractivity contribution in [3.63, 3.8) is 0 Å². The Morgan fingerprint density at radius 3 is 2.74 bits per heavy atom. The monoisotopic (exact) mass is 382 g/mol. The van der Waals surface area contributed by atoms with Gasteiger partial charge in [0.25, 0.3) is 5.91 Å². The Hall–Kier alpha value is -3.40. The van der Waals surface area contributed by atoms with Gasteiger partial charge in [-0.15, -0.1) is 0 Å². The van der Waals surface area contributed by atoms with Crippen molar-refractivity contribution in [1.82, 2.24) is 9.97 Å². The van der Waals surface area contributed by atoms with Gasteiger partial charge in [0.2, 0.25) is 0 Å². The molecule has 0 fully saturated rings. The summed E-state index contributed by atoms with van der Waals surface area (Å²) in [6.07, 6.45) is 5.43. The summed E-state index contributed by atoms with van der Waals surface area (Å²) in [5.74, 6) is -2.56. The molecular formula is C17H10N4O5S. The number of aromatic nitrogens is 2. The Labute approximate surface area is 156 Å². The van der Waals surface area contributed by atoms with Crippen LogP contribution in [0.15, 0.2) is 47.9 Å². The van der Waals surface area contributed by atoms with Crippen molar-refractivity contribution in [3.05, 3.63) is 74.8 Å². The van der Waals surface area contributed by atoms with E-state index >= 15 is 0 Å². The van der Waals surface area contributed by atoms with Gasteiger partial charge >= 0.3 is 5.03 Å². The molecule has 1 N–H and O–H groups in total. The van der Waals surface area contributed by atoms with E-state index in [-0.39, 0.29) is 21.8 Å². The average molecular weight is 382 g/mol. The van der Waals surface area contributed by atoms with Crippen molar-refractivity contribution in [3.8, 4) is 0 Å². The van der Waals surface area contributed by atoms with Crippen LogP contribution in [0.3, 0.4) is 0 Å². The predicted octanol–water partition coefficient (Wildman–Crippen LogP) is 1.96. The van der Waals surface area contributed by atoms with Gasteiger partial charge in [-0.25, -0.2) is 0 Å². The topological polar surface area (TPSA) is 132 Å². The number of nitrogens with one attached hydrogen (secondary N) is 1. The van der Waals surface area contributed by atoms with E-state index in [1.807, 2.05) is 0 Å². The van der Waals surface area contributed by atoms with E-state index in [9.17, 15) is 24.5 Å². The molecule has 0 saturated heterocycles. The van der Waals surface area contributed by atoms with Gasteiger partial charge in [-0.3, -0.25) is 34.5 Å². The lowest BCUT2D eigenvalue weighted by Crippen LogP contribution is -2.38. The van der Waals surface area contributed by atoms with Gasteiger partial charge in [-0.2, -0.15) is 0 Å². The molecule has 0 bridgehead atoms. The smallest absolute Gasteiger partial charge is 0.300 e. The van der Waals surface area contributed by atoms with Gasteiger partial charge in [-0.05, 0) is 30.0 Å². The molecule has 2 aromatic heterocycles. The van der Waals surface area contributed by atoms with Crippen molar-refractivity contribution < 1.29 is 19.3 Å². The normalized spacial score (nSPS) is 20.5. The van der Waals surface area contributed by atoms with E-state index < -0.39 is 33.6 Å². The molecule has 1 aliphatic carbocycles. The van der Waals surface area contributed by atoms with Crippen LogP contribution in [0.1, 0.15) is 31.2 Å². The molecule has 1 amide bonds. The summed E-state index contributed by atoms with van der Waals surface area (Å²) in [5.41, 5.74) is 0.182. The molecule has 0 saturated carbocycles. The number of amides is 1. The fourth-order valence-electron chi connectivity index (χ4n) is 3.04. The quantitative estimate of drug-likeness (QED) is 0.629. The van der Waals surface area contributed by atoms with Crippen LogP contribution < -0.4 is 5.32 Å². The number of Topliss-reactive ketones (excluding diaryl/α,β-unsaturated/α-hetero) is 2. The van der Waals surface area contributed by atoms with E-state index in [0.717, 1.165) is 11.8 Å². The largest absolute Gasteiger partial charge is 0.321 e. The average Bonchev–Trinajstić information content (AvgIpc) is 3.13.